The second kappa shape index (κ2) is 5.74. The van der Waals surface area contributed by atoms with E-state index >= 15 is 0 Å². The number of nitrogens with one attached hydrogen (secondary N) is 1. The van der Waals surface area contributed by atoms with Crippen molar-refractivity contribution in [2.45, 2.75) is 44.1 Å². The predicted octanol–water partition coefficient (Wildman–Crippen LogP) is 3.80. The number of rotatable bonds is 3. The fourth-order valence-electron chi connectivity index (χ4n) is 2.63. The van der Waals surface area contributed by atoms with Gasteiger partial charge in [-0.05, 0) is 25.0 Å². The molecular weight excluding hydrogens is 232 g/mol. The van der Waals surface area contributed by atoms with Crippen molar-refractivity contribution >= 4 is 17.3 Å². The molecular formula is C14H21ClN2. The molecule has 3 heteroatoms. The van der Waals surface area contributed by atoms with E-state index in [2.05, 4.69) is 5.32 Å². The highest BCUT2D eigenvalue weighted by Gasteiger charge is 2.29. The largest absolute Gasteiger partial charge is 0.377 e. The van der Waals surface area contributed by atoms with Crippen LogP contribution in [0.4, 0.5) is 5.69 Å². The van der Waals surface area contributed by atoms with Gasteiger partial charge in [0.1, 0.15) is 0 Å². The third kappa shape index (κ3) is 3.14. The Hall–Kier alpha value is -0.730. The molecule has 1 aliphatic carbocycles. The van der Waals surface area contributed by atoms with E-state index in [9.17, 15) is 0 Å². The number of nitrogens with two attached hydrogens (primary N) is 1. The van der Waals surface area contributed by atoms with E-state index in [-0.39, 0.29) is 5.54 Å². The number of hydrogen-bond acceptors (Lipinski definition) is 2. The van der Waals surface area contributed by atoms with Crippen molar-refractivity contribution in [1.82, 2.24) is 0 Å². The van der Waals surface area contributed by atoms with Crippen LogP contribution in [0.15, 0.2) is 24.3 Å². The van der Waals surface area contributed by atoms with Gasteiger partial charge in [0.15, 0.2) is 0 Å². The standard InChI is InChI=1S/C14H21ClN2/c15-12-7-3-4-8-13(12)17-14(11-16)9-5-1-2-6-10-14/h3-4,7-8,17H,1-2,5-6,9-11,16H2. The molecule has 0 aliphatic heterocycles. The summed E-state index contributed by atoms with van der Waals surface area (Å²) in [5, 5.41) is 4.38. The zero-order valence-electron chi connectivity index (χ0n) is 10.2. The lowest BCUT2D eigenvalue weighted by atomic mass is 9.90. The molecule has 3 N–H and O–H groups in total. The van der Waals surface area contributed by atoms with E-state index in [0.717, 1.165) is 23.6 Å². The van der Waals surface area contributed by atoms with E-state index in [1.807, 2.05) is 24.3 Å². The summed E-state index contributed by atoms with van der Waals surface area (Å²) >= 11 is 6.20. The van der Waals surface area contributed by atoms with Gasteiger partial charge in [-0.3, -0.25) is 0 Å². The molecule has 0 bridgehead atoms. The molecule has 94 valence electrons. The molecule has 0 unspecified atom stereocenters. The van der Waals surface area contributed by atoms with Gasteiger partial charge in [-0.15, -0.1) is 0 Å². The van der Waals surface area contributed by atoms with Gasteiger partial charge in [-0.2, -0.15) is 0 Å². The van der Waals surface area contributed by atoms with Gasteiger partial charge >= 0.3 is 0 Å². The van der Waals surface area contributed by atoms with Crippen LogP contribution in [0.1, 0.15) is 38.5 Å². The lowest BCUT2D eigenvalue weighted by molar-refractivity contribution is 0.418. The van der Waals surface area contributed by atoms with E-state index in [1.54, 1.807) is 0 Å². The number of para-hydroxylation sites is 1. The second-order valence-corrected chi connectivity index (χ2v) is 5.41. The SMILES string of the molecule is NCC1(Nc2ccccc2Cl)CCCCCC1. The number of hydrogen-bond donors (Lipinski definition) is 2. The van der Waals surface area contributed by atoms with Crippen LogP contribution in [0, 0.1) is 0 Å². The van der Waals surface area contributed by atoms with Crippen molar-refractivity contribution in [2.24, 2.45) is 5.73 Å². The van der Waals surface area contributed by atoms with Crippen molar-refractivity contribution in [1.29, 1.82) is 0 Å². The smallest absolute Gasteiger partial charge is 0.0637 e. The van der Waals surface area contributed by atoms with Gasteiger partial charge in [0, 0.05) is 12.1 Å². The maximum absolute atomic E-state index is 6.20. The zero-order valence-corrected chi connectivity index (χ0v) is 11.0. The molecule has 0 radical (unpaired) electrons. The highest BCUT2D eigenvalue weighted by molar-refractivity contribution is 6.33. The first-order valence-electron chi connectivity index (χ1n) is 6.49. The Bertz CT molecular complexity index is 357. The third-order valence-electron chi connectivity index (χ3n) is 3.73. The molecule has 0 saturated heterocycles. The maximum Gasteiger partial charge on any atom is 0.0637 e. The van der Waals surface area contributed by atoms with Crippen LogP contribution in [-0.4, -0.2) is 12.1 Å². The van der Waals surface area contributed by atoms with Crippen molar-refractivity contribution in [3.63, 3.8) is 0 Å². The van der Waals surface area contributed by atoms with E-state index in [1.165, 1.54) is 25.7 Å². The highest BCUT2D eigenvalue weighted by atomic mass is 35.5. The van der Waals surface area contributed by atoms with Gasteiger partial charge in [-0.1, -0.05) is 49.4 Å². The fourth-order valence-corrected chi connectivity index (χ4v) is 2.82. The summed E-state index contributed by atoms with van der Waals surface area (Å²) in [7, 11) is 0. The Morgan fingerprint density at radius 2 is 1.76 bits per heavy atom. The first-order valence-corrected chi connectivity index (χ1v) is 6.86. The molecule has 0 heterocycles. The molecule has 0 atom stereocenters. The molecule has 1 fully saturated rings. The molecule has 1 saturated carbocycles. The van der Waals surface area contributed by atoms with Gasteiger partial charge in [0.05, 0.1) is 10.7 Å². The quantitative estimate of drug-likeness (QED) is 0.803. The summed E-state index contributed by atoms with van der Waals surface area (Å²) in [5.74, 6) is 0. The maximum atomic E-state index is 6.20. The van der Waals surface area contributed by atoms with Gasteiger partial charge in [0.2, 0.25) is 0 Å². The molecule has 1 aliphatic rings. The second-order valence-electron chi connectivity index (χ2n) is 5.00. The molecule has 2 rings (SSSR count). The topological polar surface area (TPSA) is 38.0 Å². The molecule has 0 amide bonds. The number of anilines is 1. The Kier molecular flexibility index (Phi) is 4.30. The fraction of sp³-hybridized carbons (Fsp3) is 0.571. The monoisotopic (exact) mass is 252 g/mol. The van der Waals surface area contributed by atoms with Crippen molar-refractivity contribution in [3.8, 4) is 0 Å². The molecule has 0 aromatic heterocycles. The van der Waals surface area contributed by atoms with Gasteiger partial charge in [-0.25, -0.2) is 0 Å². The minimum atomic E-state index is 0.0431. The molecule has 17 heavy (non-hydrogen) atoms. The lowest BCUT2D eigenvalue weighted by Crippen LogP contribution is -2.45. The van der Waals surface area contributed by atoms with Crippen LogP contribution in [0.5, 0.6) is 0 Å². The summed E-state index contributed by atoms with van der Waals surface area (Å²) in [6.07, 6.45) is 7.46. The van der Waals surface area contributed by atoms with Crippen molar-refractivity contribution in [2.75, 3.05) is 11.9 Å². The van der Waals surface area contributed by atoms with Gasteiger partial charge in [0.25, 0.3) is 0 Å². The number of benzene rings is 1. The predicted molar refractivity (Wildman–Crippen MR) is 74.6 cm³/mol. The minimum absolute atomic E-state index is 0.0431. The van der Waals surface area contributed by atoms with Crippen LogP contribution >= 0.6 is 11.6 Å². The van der Waals surface area contributed by atoms with Crippen molar-refractivity contribution in [3.05, 3.63) is 29.3 Å². The molecule has 0 spiro atoms. The van der Waals surface area contributed by atoms with E-state index in [4.69, 9.17) is 17.3 Å². The van der Waals surface area contributed by atoms with Crippen LogP contribution in [-0.2, 0) is 0 Å². The zero-order chi connectivity index (χ0) is 12.1. The van der Waals surface area contributed by atoms with E-state index in [0.29, 0.717) is 6.54 Å². The summed E-state index contributed by atoms with van der Waals surface area (Å²) < 4.78 is 0. The van der Waals surface area contributed by atoms with Crippen LogP contribution < -0.4 is 11.1 Å². The highest BCUT2D eigenvalue weighted by Crippen LogP contribution is 2.32. The average molecular weight is 253 g/mol. The minimum Gasteiger partial charge on any atom is -0.377 e. The molecule has 2 nitrogen and oxygen atoms in total. The van der Waals surface area contributed by atoms with Gasteiger partial charge < -0.3 is 11.1 Å². The van der Waals surface area contributed by atoms with Crippen LogP contribution in [0.2, 0.25) is 5.02 Å². The lowest BCUT2D eigenvalue weighted by Gasteiger charge is -2.34. The number of halogens is 1. The Morgan fingerprint density at radius 1 is 1.12 bits per heavy atom. The summed E-state index contributed by atoms with van der Waals surface area (Å²) in [4.78, 5) is 0. The summed E-state index contributed by atoms with van der Waals surface area (Å²) in [5.41, 5.74) is 7.06. The average Bonchev–Trinajstić information content (AvgIpc) is 2.58. The normalized spacial score (nSPS) is 19.6. The Labute approximate surface area is 109 Å². The first-order chi connectivity index (χ1) is 8.26. The molecule has 1 aromatic carbocycles. The van der Waals surface area contributed by atoms with Crippen molar-refractivity contribution < 1.29 is 0 Å². The summed E-state index contributed by atoms with van der Waals surface area (Å²) in [6, 6.07) is 7.92. The van der Waals surface area contributed by atoms with E-state index < -0.39 is 0 Å². The summed E-state index contributed by atoms with van der Waals surface area (Å²) in [6.45, 7) is 0.679. The first kappa shape index (κ1) is 12.7. The third-order valence-corrected chi connectivity index (χ3v) is 4.05. The Morgan fingerprint density at radius 3 is 2.35 bits per heavy atom. The Balaban J connectivity index is 2.15. The van der Waals surface area contributed by atoms with Crippen LogP contribution in [0.25, 0.3) is 0 Å². The van der Waals surface area contributed by atoms with Crippen LogP contribution in [0.3, 0.4) is 0 Å². The molecule has 1 aromatic rings.